The first kappa shape index (κ1) is 9.79. The topological polar surface area (TPSA) is 24.9 Å². The van der Waals surface area contributed by atoms with Crippen molar-refractivity contribution in [3.63, 3.8) is 0 Å². The van der Waals surface area contributed by atoms with E-state index in [1.165, 1.54) is 43.5 Å². The molecule has 1 aromatic rings. The largest absolute Gasteiger partial charge is 0.305 e. The van der Waals surface area contributed by atoms with Crippen molar-refractivity contribution < 1.29 is 0 Å². The highest BCUT2D eigenvalue weighted by Gasteiger charge is 2.32. The summed E-state index contributed by atoms with van der Waals surface area (Å²) in [6.07, 6.45) is 10.3. The molecule has 2 nitrogen and oxygen atoms in total. The molecule has 1 aromatic heterocycles. The second-order valence-electron chi connectivity index (χ2n) is 4.83. The SMILES string of the molecule is c1csc(C(NC2CC2)C2CCCC2)n1. The van der Waals surface area contributed by atoms with Crippen LogP contribution >= 0.6 is 11.3 Å². The Kier molecular flexibility index (Phi) is 2.76. The van der Waals surface area contributed by atoms with Crippen molar-refractivity contribution in [1.29, 1.82) is 0 Å². The minimum Gasteiger partial charge on any atom is -0.305 e. The second kappa shape index (κ2) is 4.22. The van der Waals surface area contributed by atoms with Crippen molar-refractivity contribution in [1.82, 2.24) is 10.3 Å². The van der Waals surface area contributed by atoms with Crippen LogP contribution in [0.5, 0.6) is 0 Å². The minimum absolute atomic E-state index is 0.556. The molecule has 82 valence electrons. The monoisotopic (exact) mass is 222 g/mol. The van der Waals surface area contributed by atoms with E-state index in [1.54, 1.807) is 0 Å². The average Bonchev–Trinajstić information content (AvgIpc) is 2.77. The maximum absolute atomic E-state index is 4.50. The highest BCUT2D eigenvalue weighted by molar-refractivity contribution is 7.09. The van der Waals surface area contributed by atoms with Crippen molar-refractivity contribution in [3.05, 3.63) is 16.6 Å². The molecule has 2 saturated carbocycles. The van der Waals surface area contributed by atoms with E-state index in [0.29, 0.717) is 6.04 Å². The number of rotatable bonds is 4. The van der Waals surface area contributed by atoms with E-state index in [-0.39, 0.29) is 0 Å². The third kappa shape index (κ3) is 2.23. The molecule has 1 unspecified atom stereocenters. The lowest BCUT2D eigenvalue weighted by atomic mass is 9.98. The zero-order chi connectivity index (χ0) is 10.1. The first-order valence-electron chi connectivity index (χ1n) is 6.09. The van der Waals surface area contributed by atoms with Crippen LogP contribution in [0.4, 0.5) is 0 Å². The van der Waals surface area contributed by atoms with Gasteiger partial charge in [-0.3, -0.25) is 0 Å². The number of aromatic nitrogens is 1. The van der Waals surface area contributed by atoms with Gasteiger partial charge in [0, 0.05) is 17.6 Å². The zero-order valence-corrected chi connectivity index (χ0v) is 9.80. The summed E-state index contributed by atoms with van der Waals surface area (Å²) in [7, 11) is 0. The van der Waals surface area contributed by atoms with Crippen molar-refractivity contribution in [3.8, 4) is 0 Å². The molecule has 1 atom stereocenters. The minimum atomic E-state index is 0.556. The van der Waals surface area contributed by atoms with Crippen molar-refractivity contribution >= 4 is 11.3 Å². The second-order valence-corrected chi connectivity index (χ2v) is 5.76. The molecular formula is C12H18N2S. The van der Waals surface area contributed by atoms with E-state index in [2.05, 4.69) is 15.7 Å². The van der Waals surface area contributed by atoms with Gasteiger partial charge in [-0.15, -0.1) is 11.3 Å². The van der Waals surface area contributed by atoms with Crippen LogP contribution in [-0.4, -0.2) is 11.0 Å². The molecule has 0 aliphatic heterocycles. The molecule has 3 rings (SSSR count). The Balaban J connectivity index is 1.74. The Morgan fingerprint density at radius 1 is 1.27 bits per heavy atom. The molecule has 15 heavy (non-hydrogen) atoms. The summed E-state index contributed by atoms with van der Waals surface area (Å²) in [6.45, 7) is 0. The quantitative estimate of drug-likeness (QED) is 0.846. The summed E-state index contributed by atoms with van der Waals surface area (Å²) >= 11 is 1.81. The van der Waals surface area contributed by atoms with Gasteiger partial charge >= 0.3 is 0 Å². The third-order valence-electron chi connectivity index (χ3n) is 3.58. The van der Waals surface area contributed by atoms with Crippen LogP contribution in [0.2, 0.25) is 0 Å². The predicted molar refractivity (Wildman–Crippen MR) is 63.0 cm³/mol. The Hall–Kier alpha value is -0.410. The number of hydrogen-bond acceptors (Lipinski definition) is 3. The summed E-state index contributed by atoms with van der Waals surface area (Å²) < 4.78 is 0. The Bertz CT molecular complexity index is 299. The van der Waals surface area contributed by atoms with Gasteiger partial charge in [-0.25, -0.2) is 4.98 Å². The molecule has 0 aromatic carbocycles. The fourth-order valence-electron chi connectivity index (χ4n) is 2.59. The van der Waals surface area contributed by atoms with Gasteiger partial charge in [-0.05, 0) is 31.6 Å². The number of hydrogen-bond donors (Lipinski definition) is 1. The summed E-state index contributed by atoms with van der Waals surface area (Å²) in [4.78, 5) is 4.50. The molecule has 0 spiro atoms. The van der Waals surface area contributed by atoms with Gasteiger partial charge < -0.3 is 5.32 Å². The van der Waals surface area contributed by atoms with Gasteiger partial charge in [0.15, 0.2) is 0 Å². The lowest BCUT2D eigenvalue weighted by Gasteiger charge is -2.22. The summed E-state index contributed by atoms with van der Waals surface area (Å²) in [5.41, 5.74) is 0. The number of nitrogens with zero attached hydrogens (tertiary/aromatic N) is 1. The first-order valence-corrected chi connectivity index (χ1v) is 6.97. The van der Waals surface area contributed by atoms with Crippen LogP contribution in [0.15, 0.2) is 11.6 Å². The van der Waals surface area contributed by atoms with E-state index in [1.807, 2.05) is 17.5 Å². The summed E-state index contributed by atoms with van der Waals surface area (Å²) in [5.74, 6) is 0.844. The molecule has 0 radical (unpaired) electrons. The van der Waals surface area contributed by atoms with Crippen molar-refractivity contribution in [2.75, 3.05) is 0 Å². The van der Waals surface area contributed by atoms with E-state index in [9.17, 15) is 0 Å². The van der Waals surface area contributed by atoms with Gasteiger partial charge in [-0.1, -0.05) is 12.8 Å². The van der Waals surface area contributed by atoms with E-state index < -0.39 is 0 Å². The van der Waals surface area contributed by atoms with Crippen LogP contribution in [0.3, 0.4) is 0 Å². The Morgan fingerprint density at radius 3 is 2.67 bits per heavy atom. The summed E-state index contributed by atoms with van der Waals surface area (Å²) in [6, 6.07) is 1.35. The highest BCUT2D eigenvalue weighted by Crippen LogP contribution is 2.38. The average molecular weight is 222 g/mol. The fourth-order valence-corrected chi connectivity index (χ4v) is 3.38. The maximum atomic E-state index is 4.50. The fraction of sp³-hybridized carbons (Fsp3) is 0.750. The molecule has 0 saturated heterocycles. The molecule has 0 amide bonds. The lowest BCUT2D eigenvalue weighted by Crippen LogP contribution is -2.28. The van der Waals surface area contributed by atoms with Crippen LogP contribution in [0.25, 0.3) is 0 Å². The van der Waals surface area contributed by atoms with E-state index in [4.69, 9.17) is 0 Å². The van der Waals surface area contributed by atoms with Gasteiger partial charge in [0.2, 0.25) is 0 Å². The van der Waals surface area contributed by atoms with Crippen LogP contribution < -0.4 is 5.32 Å². The van der Waals surface area contributed by atoms with Crippen LogP contribution in [0.1, 0.15) is 49.6 Å². The predicted octanol–water partition coefficient (Wildman–Crippen LogP) is 3.13. The number of nitrogens with one attached hydrogen (secondary N) is 1. The Labute approximate surface area is 95.1 Å². The molecule has 0 bridgehead atoms. The van der Waals surface area contributed by atoms with Gasteiger partial charge in [-0.2, -0.15) is 0 Å². The molecule has 1 heterocycles. The Morgan fingerprint density at radius 2 is 2.07 bits per heavy atom. The smallest absolute Gasteiger partial charge is 0.110 e. The molecular weight excluding hydrogens is 204 g/mol. The van der Waals surface area contributed by atoms with E-state index >= 15 is 0 Å². The molecule has 3 heteroatoms. The third-order valence-corrected chi connectivity index (χ3v) is 4.44. The van der Waals surface area contributed by atoms with Gasteiger partial charge in [0.1, 0.15) is 5.01 Å². The maximum Gasteiger partial charge on any atom is 0.110 e. The highest BCUT2D eigenvalue weighted by atomic mass is 32.1. The van der Waals surface area contributed by atoms with Crippen LogP contribution in [-0.2, 0) is 0 Å². The molecule has 2 aliphatic carbocycles. The summed E-state index contributed by atoms with van der Waals surface area (Å²) in [5, 5.41) is 7.20. The lowest BCUT2D eigenvalue weighted by molar-refractivity contribution is 0.364. The van der Waals surface area contributed by atoms with Gasteiger partial charge in [0.25, 0.3) is 0 Å². The normalized spacial score (nSPS) is 24.5. The molecule has 1 N–H and O–H groups in total. The standard InChI is InChI=1S/C12H18N2S/c1-2-4-9(3-1)11(14-10-5-6-10)12-13-7-8-15-12/h7-11,14H,1-6H2. The first-order chi connectivity index (χ1) is 7.43. The van der Waals surface area contributed by atoms with Gasteiger partial charge in [0.05, 0.1) is 6.04 Å². The van der Waals surface area contributed by atoms with E-state index in [0.717, 1.165) is 12.0 Å². The zero-order valence-electron chi connectivity index (χ0n) is 8.98. The number of thiazole rings is 1. The molecule has 2 fully saturated rings. The van der Waals surface area contributed by atoms with Crippen molar-refractivity contribution in [2.45, 2.75) is 50.6 Å². The van der Waals surface area contributed by atoms with Crippen molar-refractivity contribution in [2.24, 2.45) is 5.92 Å². The molecule has 2 aliphatic rings. The van der Waals surface area contributed by atoms with Crippen LogP contribution in [0, 0.1) is 5.92 Å².